The Bertz CT molecular complexity index is 879. The van der Waals surface area contributed by atoms with Crippen LogP contribution in [0.15, 0.2) is 42.5 Å². The molecule has 0 aromatic heterocycles. The summed E-state index contributed by atoms with van der Waals surface area (Å²) in [4.78, 5) is 25.2. The van der Waals surface area contributed by atoms with Crippen LogP contribution < -0.4 is 0 Å². The summed E-state index contributed by atoms with van der Waals surface area (Å²) in [5.74, 6) is -4.58. The molecule has 0 fully saturated rings. The van der Waals surface area contributed by atoms with Crippen molar-refractivity contribution in [3.8, 4) is 0 Å². The van der Waals surface area contributed by atoms with E-state index < -0.39 is 47.9 Å². The van der Waals surface area contributed by atoms with E-state index in [1.165, 1.54) is 7.05 Å². The van der Waals surface area contributed by atoms with Gasteiger partial charge < -0.3 is 9.47 Å². The molecule has 0 saturated carbocycles. The fourth-order valence-electron chi connectivity index (χ4n) is 2.70. The number of nitrogens with zero attached hydrogens (tertiary/aromatic N) is 1. The van der Waals surface area contributed by atoms with E-state index >= 15 is 0 Å². The number of methoxy groups -OCH3 is 1. The molecular weight excluding hydrogens is 413 g/mol. The highest BCUT2D eigenvalue weighted by Crippen LogP contribution is 2.34. The Balaban J connectivity index is 2.19. The van der Waals surface area contributed by atoms with E-state index in [-0.39, 0.29) is 12.2 Å². The van der Waals surface area contributed by atoms with E-state index in [1.54, 1.807) is 30.3 Å². The molecule has 5 nitrogen and oxygen atoms in total. The minimum absolute atomic E-state index is 0.0958. The van der Waals surface area contributed by atoms with Crippen molar-refractivity contribution < 1.29 is 41.0 Å². The van der Waals surface area contributed by atoms with Gasteiger partial charge in [-0.15, -0.1) is 0 Å². The standard InChI is InChI=1S/C20H18F5NO4/c1-26(19(28)30-11-12-6-4-3-5-7-12)16(18(27)29-2)10-13-8-14(21)17(15(22)9-13)20(23,24)25/h3-9,16H,10-11H2,1-2H3. The molecule has 1 unspecified atom stereocenters. The van der Waals surface area contributed by atoms with Gasteiger partial charge in [0, 0.05) is 13.5 Å². The maximum atomic E-state index is 13.8. The second kappa shape index (κ2) is 9.55. The van der Waals surface area contributed by atoms with Gasteiger partial charge in [0.1, 0.15) is 29.8 Å². The molecule has 0 aliphatic heterocycles. The van der Waals surface area contributed by atoms with Crippen LogP contribution in [0.4, 0.5) is 26.7 Å². The Morgan fingerprint density at radius 2 is 1.60 bits per heavy atom. The summed E-state index contributed by atoms with van der Waals surface area (Å²) in [6, 6.07) is 8.20. The first-order valence-electron chi connectivity index (χ1n) is 8.61. The Morgan fingerprint density at radius 3 is 2.10 bits per heavy atom. The van der Waals surface area contributed by atoms with E-state index in [0.29, 0.717) is 17.7 Å². The van der Waals surface area contributed by atoms with Gasteiger partial charge in [-0.05, 0) is 23.3 Å². The van der Waals surface area contributed by atoms with Crippen LogP contribution in [0.2, 0.25) is 0 Å². The maximum Gasteiger partial charge on any atom is 0.422 e. The smallest absolute Gasteiger partial charge is 0.422 e. The van der Waals surface area contributed by atoms with Crippen molar-refractivity contribution in [3.63, 3.8) is 0 Å². The first kappa shape index (κ1) is 23.1. The first-order chi connectivity index (χ1) is 14.0. The molecule has 0 aliphatic carbocycles. The van der Waals surface area contributed by atoms with Gasteiger partial charge in [-0.2, -0.15) is 13.2 Å². The average molecular weight is 431 g/mol. The third-order valence-electron chi connectivity index (χ3n) is 4.25. The third-order valence-corrected chi connectivity index (χ3v) is 4.25. The zero-order chi connectivity index (χ0) is 22.5. The number of carbonyl (C=O) groups is 2. The molecule has 0 heterocycles. The average Bonchev–Trinajstić information content (AvgIpc) is 2.68. The lowest BCUT2D eigenvalue weighted by Gasteiger charge is -2.25. The van der Waals surface area contributed by atoms with E-state index in [1.807, 2.05) is 0 Å². The van der Waals surface area contributed by atoms with Gasteiger partial charge in [0.05, 0.1) is 7.11 Å². The fourth-order valence-corrected chi connectivity index (χ4v) is 2.70. The van der Waals surface area contributed by atoms with E-state index in [0.717, 1.165) is 12.0 Å². The second-order valence-electron chi connectivity index (χ2n) is 6.33. The molecule has 162 valence electrons. The second-order valence-corrected chi connectivity index (χ2v) is 6.33. The molecule has 0 spiro atoms. The van der Waals surface area contributed by atoms with Crippen molar-refractivity contribution in [1.29, 1.82) is 0 Å². The lowest BCUT2D eigenvalue weighted by molar-refractivity contribution is -0.146. The number of likely N-dealkylation sites (N-methyl/N-ethyl adjacent to an activating group) is 1. The topological polar surface area (TPSA) is 55.8 Å². The van der Waals surface area contributed by atoms with E-state index in [2.05, 4.69) is 4.74 Å². The largest absolute Gasteiger partial charge is 0.467 e. The quantitative estimate of drug-likeness (QED) is 0.505. The molecule has 10 heteroatoms. The highest BCUT2D eigenvalue weighted by molar-refractivity contribution is 5.81. The maximum absolute atomic E-state index is 13.8. The molecule has 0 N–H and O–H groups in total. The first-order valence-corrected chi connectivity index (χ1v) is 8.61. The number of hydrogen-bond acceptors (Lipinski definition) is 4. The number of esters is 1. The molecule has 0 radical (unpaired) electrons. The molecule has 1 amide bonds. The summed E-state index contributed by atoms with van der Waals surface area (Å²) in [5, 5.41) is 0. The monoisotopic (exact) mass is 431 g/mol. The number of benzene rings is 2. The van der Waals surface area contributed by atoms with Crippen LogP contribution in [0.1, 0.15) is 16.7 Å². The zero-order valence-corrected chi connectivity index (χ0v) is 16.0. The zero-order valence-electron chi connectivity index (χ0n) is 16.0. The van der Waals surface area contributed by atoms with Gasteiger partial charge >= 0.3 is 18.2 Å². The van der Waals surface area contributed by atoms with Gasteiger partial charge in [0.2, 0.25) is 0 Å². The molecule has 0 aliphatic rings. The number of carbonyl (C=O) groups excluding carboxylic acids is 2. The molecule has 2 rings (SSSR count). The Labute approximate surface area is 169 Å². The van der Waals surface area contributed by atoms with E-state index in [9.17, 15) is 31.5 Å². The summed E-state index contributed by atoms with van der Waals surface area (Å²) >= 11 is 0. The number of ether oxygens (including phenoxy) is 2. The molecule has 0 bridgehead atoms. The number of alkyl halides is 3. The fraction of sp³-hybridized carbons (Fsp3) is 0.300. The minimum atomic E-state index is -5.22. The number of amides is 1. The van der Waals surface area contributed by atoms with Crippen LogP contribution in [0.5, 0.6) is 0 Å². The van der Waals surface area contributed by atoms with Crippen molar-refractivity contribution in [2.24, 2.45) is 0 Å². The number of hydrogen-bond donors (Lipinski definition) is 0. The molecule has 0 saturated heterocycles. The number of halogens is 5. The van der Waals surface area contributed by atoms with Crippen LogP contribution in [-0.2, 0) is 33.5 Å². The summed E-state index contributed by atoms with van der Waals surface area (Å²) < 4.78 is 75.5. The van der Waals surface area contributed by atoms with Crippen molar-refractivity contribution in [1.82, 2.24) is 4.90 Å². The van der Waals surface area contributed by atoms with Gasteiger partial charge in [-0.3, -0.25) is 4.90 Å². The Morgan fingerprint density at radius 1 is 1.03 bits per heavy atom. The molecule has 30 heavy (non-hydrogen) atoms. The van der Waals surface area contributed by atoms with Gasteiger partial charge in [-0.25, -0.2) is 18.4 Å². The molecule has 1 atom stereocenters. The van der Waals surface area contributed by atoms with Crippen LogP contribution in [0, 0.1) is 11.6 Å². The Hall–Kier alpha value is -3.17. The molecule has 2 aromatic carbocycles. The van der Waals surface area contributed by atoms with Gasteiger partial charge in [0.25, 0.3) is 0 Å². The highest BCUT2D eigenvalue weighted by atomic mass is 19.4. The van der Waals surface area contributed by atoms with Crippen molar-refractivity contribution in [2.75, 3.05) is 14.2 Å². The predicted molar refractivity (Wildman–Crippen MR) is 95.3 cm³/mol. The highest BCUT2D eigenvalue weighted by Gasteiger charge is 2.38. The normalized spacial score (nSPS) is 12.2. The van der Waals surface area contributed by atoms with Crippen molar-refractivity contribution >= 4 is 12.1 Å². The number of rotatable bonds is 6. The molecule has 2 aromatic rings. The van der Waals surface area contributed by atoms with Gasteiger partial charge in [0.15, 0.2) is 0 Å². The summed E-state index contributed by atoms with van der Waals surface area (Å²) in [7, 11) is 2.23. The van der Waals surface area contributed by atoms with Crippen molar-refractivity contribution in [3.05, 3.63) is 70.8 Å². The Kier molecular flexibility index (Phi) is 7.36. The predicted octanol–water partition coefficient (Wildman–Crippen LogP) is 4.34. The summed E-state index contributed by atoms with van der Waals surface area (Å²) in [6.45, 7) is -0.0958. The SMILES string of the molecule is COC(=O)C(Cc1cc(F)c(C(F)(F)F)c(F)c1)N(C)C(=O)OCc1ccccc1. The lowest BCUT2D eigenvalue weighted by Crippen LogP contribution is -2.44. The summed E-state index contributed by atoms with van der Waals surface area (Å²) in [5.41, 5.74) is -1.62. The molecular formula is C20H18F5NO4. The summed E-state index contributed by atoms with van der Waals surface area (Å²) in [6.07, 6.45) is -6.63. The van der Waals surface area contributed by atoms with Crippen LogP contribution in [0.25, 0.3) is 0 Å². The van der Waals surface area contributed by atoms with Crippen molar-refractivity contribution in [2.45, 2.75) is 25.2 Å². The minimum Gasteiger partial charge on any atom is -0.467 e. The van der Waals surface area contributed by atoms with Crippen LogP contribution in [0.3, 0.4) is 0 Å². The third kappa shape index (κ3) is 5.68. The van der Waals surface area contributed by atoms with Gasteiger partial charge in [-0.1, -0.05) is 30.3 Å². The lowest BCUT2D eigenvalue weighted by atomic mass is 10.0. The van der Waals surface area contributed by atoms with Crippen LogP contribution >= 0.6 is 0 Å². The van der Waals surface area contributed by atoms with Crippen LogP contribution in [-0.4, -0.2) is 37.2 Å². The van der Waals surface area contributed by atoms with E-state index in [4.69, 9.17) is 4.74 Å².